The van der Waals surface area contributed by atoms with Gasteiger partial charge in [-0.25, -0.2) is 0 Å². The van der Waals surface area contributed by atoms with Gasteiger partial charge in [0, 0.05) is 18.7 Å². The lowest BCUT2D eigenvalue weighted by molar-refractivity contribution is 0.411. The van der Waals surface area contributed by atoms with Gasteiger partial charge in [-0.2, -0.15) is 4.98 Å². The van der Waals surface area contributed by atoms with Crippen LogP contribution in [-0.4, -0.2) is 34.8 Å². The van der Waals surface area contributed by atoms with Gasteiger partial charge in [-0.05, 0) is 25.3 Å². The highest BCUT2D eigenvalue weighted by molar-refractivity contribution is 5.55. The third-order valence-corrected chi connectivity index (χ3v) is 3.75. The highest BCUT2D eigenvalue weighted by atomic mass is 15.4. The summed E-state index contributed by atoms with van der Waals surface area (Å²) in [6, 6.07) is 10.1. The van der Waals surface area contributed by atoms with E-state index in [1.54, 1.807) is 0 Å². The molecule has 0 bridgehead atoms. The first-order valence-corrected chi connectivity index (χ1v) is 6.79. The van der Waals surface area contributed by atoms with E-state index in [4.69, 9.17) is 5.73 Å². The molecular weight excluding hydrogens is 238 g/mol. The molecule has 19 heavy (non-hydrogen) atoms. The number of hydrogen-bond acceptors (Lipinski definition) is 4. The molecule has 1 saturated heterocycles. The molecule has 1 aromatic carbocycles. The molecule has 0 amide bonds. The molecule has 0 spiro atoms. The van der Waals surface area contributed by atoms with Gasteiger partial charge < -0.3 is 10.6 Å². The lowest BCUT2D eigenvalue weighted by Gasteiger charge is -2.30. The average molecular weight is 257 g/mol. The predicted octanol–water partition coefficient (Wildman–Crippen LogP) is 1.65. The molecule has 5 heteroatoms. The van der Waals surface area contributed by atoms with Gasteiger partial charge in [0.15, 0.2) is 5.82 Å². The summed E-state index contributed by atoms with van der Waals surface area (Å²) in [5, 5.41) is 7.34. The summed E-state index contributed by atoms with van der Waals surface area (Å²) in [5.41, 5.74) is 6.78. The van der Waals surface area contributed by atoms with Crippen LogP contribution in [0.3, 0.4) is 0 Å². The maximum absolute atomic E-state index is 5.71. The summed E-state index contributed by atoms with van der Waals surface area (Å²) in [6.07, 6.45) is 2.26. The van der Waals surface area contributed by atoms with Crippen molar-refractivity contribution in [1.82, 2.24) is 15.2 Å². The van der Waals surface area contributed by atoms with Crippen LogP contribution in [0.15, 0.2) is 30.3 Å². The number of piperidine rings is 1. The van der Waals surface area contributed by atoms with Crippen molar-refractivity contribution in [1.29, 1.82) is 0 Å². The first kappa shape index (κ1) is 12.2. The smallest absolute Gasteiger partial charge is 0.245 e. The Morgan fingerprint density at radius 2 is 1.95 bits per heavy atom. The first-order chi connectivity index (χ1) is 9.36. The minimum atomic E-state index is 0.656. The Hall–Kier alpha value is -1.88. The van der Waals surface area contributed by atoms with Gasteiger partial charge in [0.05, 0.1) is 0 Å². The topological polar surface area (TPSA) is 70.8 Å². The van der Waals surface area contributed by atoms with Crippen LogP contribution in [0.4, 0.5) is 5.95 Å². The number of hydrogen-bond donors (Lipinski definition) is 2. The fourth-order valence-corrected chi connectivity index (χ4v) is 2.49. The van der Waals surface area contributed by atoms with Crippen molar-refractivity contribution < 1.29 is 0 Å². The molecule has 1 aliphatic heterocycles. The Labute approximate surface area is 112 Å². The van der Waals surface area contributed by atoms with Crippen LogP contribution in [0.1, 0.15) is 12.8 Å². The summed E-state index contributed by atoms with van der Waals surface area (Å²) in [5.74, 6) is 2.29. The van der Waals surface area contributed by atoms with Crippen LogP contribution in [-0.2, 0) is 0 Å². The number of H-pyrrole nitrogens is 1. The molecule has 3 rings (SSSR count). The predicted molar refractivity (Wildman–Crippen MR) is 75.8 cm³/mol. The SMILES string of the molecule is NCC1CCN(c2n[nH]c(-c3ccccc3)n2)CC1. The number of aromatic amines is 1. The van der Waals surface area contributed by atoms with E-state index in [0.717, 1.165) is 49.8 Å². The molecule has 0 atom stereocenters. The van der Waals surface area contributed by atoms with E-state index in [2.05, 4.69) is 20.1 Å². The molecule has 3 N–H and O–H groups in total. The van der Waals surface area contributed by atoms with Gasteiger partial charge in [0.1, 0.15) is 0 Å². The molecule has 2 heterocycles. The van der Waals surface area contributed by atoms with E-state index in [1.807, 2.05) is 30.3 Å². The van der Waals surface area contributed by atoms with E-state index in [9.17, 15) is 0 Å². The molecule has 0 saturated carbocycles. The van der Waals surface area contributed by atoms with Crippen molar-refractivity contribution in [3.63, 3.8) is 0 Å². The maximum Gasteiger partial charge on any atom is 0.245 e. The zero-order valence-electron chi connectivity index (χ0n) is 10.9. The maximum atomic E-state index is 5.71. The van der Waals surface area contributed by atoms with Crippen molar-refractivity contribution in [2.75, 3.05) is 24.5 Å². The molecular formula is C14H19N5. The summed E-state index contributed by atoms with van der Waals surface area (Å²) in [4.78, 5) is 6.81. The third kappa shape index (κ3) is 2.61. The second-order valence-electron chi connectivity index (χ2n) is 5.02. The molecule has 100 valence electrons. The second-order valence-corrected chi connectivity index (χ2v) is 5.02. The summed E-state index contributed by atoms with van der Waals surface area (Å²) >= 11 is 0. The fraction of sp³-hybridized carbons (Fsp3) is 0.429. The lowest BCUT2D eigenvalue weighted by atomic mass is 9.97. The van der Waals surface area contributed by atoms with Gasteiger partial charge in [0.25, 0.3) is 0 Å². The summed E-state index contributed by atoms with van der Waals surface area (Å²) in [7, 11) is 0. The van der Waals surface area contributed by atoms with Gasteiger partial charge in [-0.3, -0.25) is 5.10 Å². The molecule has 1 aromatic heterocycles. The van der Waals surface area contributed by atoms with Crippen LogP contribution in [0, 0.1) is 5.92 Å². The van der Waals surface area contributed by atoms with Crippen LogP contribution >= 0.6 is 0 Å². The number of rotatable bonds is 3. The van der Waals surface area contributed by atoms with E-state index in [1.165, 1.54) is 0 Å². The molecule has 1 aliphatic rings. The Bertz CT molecular complexity index is 514. The van der Waals surface area contributed by atoms with Gasteiger partial charge in [-0.15, -0.1) is 5.10 Å². The molecule has 0 aliphatic carbocycles. The normalized spacial score (nSPS) is 16.8. The number of nitrogens with one attached hydrogen (secondary N) is 1. The largest absolute Gasteiger partial charge is 0.340 e. The quantitative estimate of drug-likeness (QED) is 0.877. The third-order valence-electron chi connectivity index (χ3n) is 3.75. The van der Waals surface area contributed by atoms with Crippen molar-refractivity contribution in [3.05, 3.63) is 30.3 Å². The van der Waals surface area contributed by atoms with Crippen molar-refractivity contribution in [3.8, 4) is 11.4 Å². The summed E-state index contributed by atoms with van der Waals surface area (Å²) in [6.45, 7) is 2.78. The highest BCUT2D eigenvalue weighted by Crippen LogP contribution is 2.22. The van der Waals surface area contributed by atoms with Crippen LogP contribution in [0.5, 0.6) is 0 Å². The Balaban J connectivity index is 1.72. The van der Waals surface area contributed by atoms with Crippen molar-refractivity contribution >= 4 is 5.95 Å². The number of aromatic nitrogens is 3. The zero-order valence-corrected chi connectivity index (χ0v) is 10.9. The van der Waals surface area contributed by atoms with E-state index in [0.29, 0.717) is 5.92 Å². The number of nitrogens with two attached hydrogens (primary N) is 1. The number of anilines is 1. The fourth-order valence-electron chi connectivity index (χ4n) is 2.49. The van der Waals surface area contributed by atoms with Gasteiger partial charge in [-0.1, -0.05) is 30.3 Å². The number of nitrogens with zero attached hydrogens (tertiary/aromatic N) is 3. The molecule has 0 unspecified atom stereocenters. The van der Waals surface area contributed by atoms with E-state index < -0.39 is 0 Å². The molecule has 2 aromatic rings. The van der Waals surface area contributed by atoms with Gasteiger partial charge >= 0.3 is 0 Å². The average Bonchev–Trinajstić information content (AvgIpc) is 2.98. The lowest BCUT2D eigenvalue weighted by Crippen LogP contribution is -2.36. The molecule has 1 fully saturated rings. The van der Waals surface area contributed by atoms with E-state index in [-0.39, 0.29) is 0 Å². The first-order valence-electron chi connectivity index (χ1n) is 6.79. The van der Waals surface area contributed by atoms with Crippen molar-refractivity contribution in [2.45, 2.75) is 12.8 Å². The van der Waals surface area contributed by atoms with Crippen LogP contribution in [0.2, 0.25) is 0 Å². The van der Waals surface area contributed by atoms with Crippen molar-refractivity contribution in [2.24, 2.45) is 11.7 Å². The number of benzene rings is 1. The standard InChI is InChI=1S/C14H19N5/c15-10-11-6-8-19(9-7-11)14-16-13(17-18-14)12-4-2-1-3-5-12/h1-5,11H,6-10,15H2,(H,16,17,18). The minimum absolute atomic E-state index is 0.656. The van der Waals surface area contributed by atoms with Crippen LogP contribution in [0.25, 0.3) is 11.4 Å². The van der Waals surface area contributed by atoms with E-state index >= 15 is 0 Å². The highest BCUT2D eigenvalue weighted by Gasteiger charge is 2.21. The molecule has 0 radical (unpaired) electrons. The zero-order chi connectivity index (χ0) is 13.1. The Morgan fingerprint density at radius 1 is 1.21 bits per heavy atom. The summed E-state index contributed by atoms with van der Waals surface area (Å²) < 4.78 is 0. The van der Waals surface area contributed by atoms with Crippen LogP contribution < -0.4 is 10.6 Å². The minimum Gasteiger partial charge on any atom is -0.340 e. The second kappa shape index (κ2) is 5.40. The monoisotopic (exact) mass is 257 g/mol. The Kier molecular flexibility index (Phi) is 3.46. The Morgan fingerprint density at radius 3 is 2.63 bits per heavy atom. The van der Waals surface area contributed by atoms with Gasteiger partial charge in [0.2, 0.25) is 5.95 Å². The molecule has 5 nitrogen and oxygen atoms in total.